The van der Waals surface area contributed by atoms with Crippen molar-refractivity contribution >= 4 is 33.7 Å². The summed E-state index contributed by atoms with van der Waals surface area (Å²) < 4.78 is 0. The number of nitrogens with one attached hydrogen (secondary N) is 1. The average Bonchev–Trinajstić information content (AvgIpc) is 3.11. The first-order valence-corrected chi connectivity index (χ1v) is 8.62. The van der Waals surface area contributed by atoms with Crippen molar-refractivity contribution in [2.45, 2.75) is 45.4 Å². The molecule has 2 aromatic heterocycles. The van der Waals surface area contributed by atoms with Gasteiger partial charge in [-0.2, -0.15) is 0 Å². The molecule has 1 atom stereocenters. The number of anilines is 1. The maximum absolute atomic E-state index is 11.9. The van der Waals surface area contributed by atoms with Crippen LogP contribution < -0.4 is 5.32 Å². The van der Waals surface area contributed by atoms with Crippen LogP contribution in [0.25, 0.3) is 0 Å². The summed E-state index contributed by atoms with van der Waals surface area (Å²) in [7, 11) is 0. The molecule has 0 aliphatic carbocycles. The van der Waals surface area contributed by atoms with Crippen molar-refractivity contribution in [3.05, 3.63) is 27.4 Å². The molecule has 6 heteroatoms. The molecular formula is C14H19N3OS2. The van der Waals surface area contributed by atoms with E-state index in [1.54, 1.807) is 6.07 Å². The van der Waals surface area contributed by atoms with Gasteiger partial charge in [0.2, 0.25) is 5.13 Å². The third-order valence-corrected chi connectivity index (χ3v) is 5.02. The van der Waals surface area contributed by atoms with Crippen molar-refractivity contribution in [3.63, 3.8) is 0 Å². The Morgan fingerprint density at radius 2 is 2.25 bits per heavy atom. The lowest BCUT2D eigenvalue weighted by atomic mass is 10.0. The van der Waals surface area contributed by atoms with Gasteiger partial charge < -0.3 is 0 Å². The van der Waals surface area contributed by atoms with Gasteiger partial charge in [-0.1, -0.05) is 44.1 Å². The lowest BCUT2D eigenvalue weighted by Crippen LogP contribution is -2.09. The van der Waals surface area contributed by atoms with Crippen LogP contribution in [0, 0.1) is 0 Å². The van der Waals surface area contributed by atoms with Gasteiger partial charge in [-0.15, -0.1) is 21.5 Å². The van der Waals surface area contributed by atoms with Crippen molar-refractivity contribution in [2.75, 3.05) is 5.32 Å². The molecule has 0 unspecified atom stereocenters. The quantitative estimate of drug-likeness (QED) is 0.817. The van der Waals surface area contributed by atoms with E-state index in [0.717, 1.165) is 17.8 Å². The second-order valence-electron chi connectivity index (χ2n) is 4.62. The summed E-state index contributed by atoms with van der Waals surface area (Å²) >= 11 is 2.92. The molecule has 0 fully saturated rings. The van der Waals surface area contributed by atoms with Crippen molar-refractivity contribution in [2.24, 2.45) is 0 Å². The second kappa shape index (κ2) is 7.50. The number of amides is 1. The molecule has 0 aliphatic rings. The van der Waals surface area contributed by atoms with Gasteiger partial charge in [-0.25, -0.2) is 0 Å². The number of aromatic nitrogens is 2. The first-order valence-electron chi connectivity index (χ1n) is 6.92. The lowest BCUT2D eigenvalue weighted by Gasteiger charge is -2.09. The summed E-state index contributed by atoms with van der Waals surface area (Å²) in [6.45, 7) is 4.37. The lowest BCUT2D eigenvalue weighted by molar-refractivity contribution is 0.103. The normalized spacial score (nSPS) is 12.3. The predicted octanol–water partition coefficient (Wildman–Crippen LogP) is 4.54. The van der Waals surface area contributed by atoms with Crippen LogP contribution in [0.4, 0.5) is 5.13 Å². The zero-order valence-corrected chi connectivity index (χ0v) is 13.4. The Kier molecular flexibility index (Phi) is 5.67. The molecule has 1 amide bonds. The molecule has 0 aromatic carbocycles. The van der Waals surface area contributed by atoms with Crippen molar-refractivity contribution in [1.29, 1.82) is 0 Å². The highest BCUT2D eigenvalue weighted by molar-refractivity contribution is 7.15. The summed E-state index contributed by atoms with van der Waals surface area (Å²) in [5.74, 6) is 0.351. The maximum atomic E-state index is 11.9. The highest BCUT2D eigenvalue weighted by Gasteiger charge is 2.16. The summed E-state index contributed by atoms with van der Waals surface area (Å²) in [5, 5.41) is 14.6. The fraction of sp³-hybridized carbons (Fsp3) is 0.500. The molecular weight excluding hydrogens is 290 g/mol. The van der Waals surface area contributed by atoms with Crippen LogP contribution in [0.15, 0.2) is 17.5 Å². The van der Waals surface area contributed by atoms with Gasteiger partial charge in [-0.3, -0.25) is 10.1 Å². The number of unbranched alkanes of at least 4 members (excludes halogenated alkanes) is 1. The molecule has 0 saturated carbocycles. The number of nitrogens with zero attached hydrogens (tertiary/aromatic N) is 2. The van der Waals surface area contributed by atoms with Gasteiger partial charge >= 0.3 is 0 Å². The maximum Gasteiger partial charge on any atom is 0.267 e. The summed E-state index contributed by atoms with van der Waals surface area (Å²) in [6.07, 6.45) is 4.60. The Balaban J connectivity index is 1.99. The summed E-state index contributed by atoms with van der Waals surface area (Å²) in [4.78, 5) is 12.6. The van der Waals surface area contributed by atoms with Crippen molar-refractivity contribution in [3.8, 4) is 0 Å². The molecule has 2 heterocycles. The molecule has 0 radical (unpaired) electrons. The molecule has 0 spiro atoms. The molecule has 2 aromatic rings. The minimum atomic E-state index is -0.107. The van der Waals surface area contributed by atoms with Crippen LogP contribution in [0.3, 0.4) is 0 Å². The third-order valence-electron chi connectivity index (χ3n) is 3.15. The van der Waals surface area contributed by atoms with Crippen LogP contribution in [-0.2, 0) is 0 Å². The smallest absolute Gasteiger partial charge is 0.267 e. The Hall–Kier alpha value is -1.27. The SMILES string of the molecule is CCCC[C@@H](CC)c1nnc(NC(=O)c2cccs2)s1. The van der Waals surface area contributed by atoms with Crippen LogP contribution in [0.2, 0.25) is 0 Å². The van der Waals surface area contributed by atoms with E-state index in [2.05, 4.69) is 29.4 Å². The molecule has 1 N–H and O–H groups in total. The number of hydrogen-bond donors (Lipinski definition) is 1. The Bertz CT molecular complexity index is 536. The Morgan fingerprint density at radius 3 is 2.90 bits per heavy atom. The monoisotopic (exact) mass is 309 g/mol. The number of carbonyl (C=O) groups is 1. The van der Waals surface area contributed by atoms with E-state index in [9.17, 15) is 4.79 Å². The third kappa shape index (κ3) is 3.86. The summed E-state index contributed by atoms with van der Waals surface area (Å²) in [5.41, 5.74) is 0. The highest BCUT2D eigenvalue weighted by atomic mass is 32.1. The molecule has 2 rings (SSSR count). The van der Waals surface area contributed by atoms with E-state index in [1.807, 2.05) is 11.4 Å². The fourth-order valence-electron chi connectivity index (χ4n) is 1.97. The van der Waals surface area contributed by atoms with Crippen LogP contribution in [-0.4, -0.2) is 16.1 Å². The van der Waals surface area contributed by atoms with E-state index in [0.29, 0.717) is 15.9 Å². The van der Waals surface area contributed by atoms with Crippen molar-refractivity contribution < 1.29 is 4.79 Å². The van der Waals surface area contributed by atoms with Gasteiger partial charge in [0.1, 0.15) is 5.01 Å². The summed E-state index contributed by atoms with van der Waals surface area (Å²) in [6, 6.07) is 3.67. The molecule has 0 aliphatic heterocycles. The second-order valence-corrected chi connectivity index (χ2v) is 6.58. The highest BCUT2D eigenvalue weighted by Crippen LogP contribution is 2.30. The molecule has 0 saturated heterocycles. The Labute approximate surface area is 127 Å². The van der Waals surface area contributed by atoms with Gasteiger partial charge in [-0.05, 0) is 24.3 Å². The number of rotatable bonds is 7. The minimum Gasteiger partial charge on any atom is -0.296 e. The number of thiophene rings is 1. The number of carbonyl (C=O) groups excluding carboxylic acids is 1. The topological polar surface area (TPSA) is 54.9 Å². The number of hydrogen-bond acceptors (Lipinski definition) is 5. The van der Waals surface area contributed by atoms with Gasteiger partial charge in [0.25, 0.3) is 5.91 Å². The molecule has 4 nitrogen and oxygen atoms in total. The van der Waals surface area contributed by atoms with Crippen LogP contribution in [0.1, 0.15) is 60.1 Å². The van der Waals surface area contributed by atoms with E-state index in [4.69, 9.17) is 0 Å². The Morgan fingerprint density at radius 1 is 1.40 bits per heavy atom. The standard InChI is InChI=1S/C14H19N3OS2/c1-3-5-7-10(4-2)13-16-17-14(20-13)15-12(18)11-8-6-9-19-11/h6,8-10H,3-5,7H2,1-2H3,(H,15,17,18)/t10-/m1/s1. The fourth-order valence-corrected chi connectivity index (χ4v) is 3.54. The van der Waals surface area contributed by atoms with Gasteiger partial charge in [0.05, 0.1) is 4.88 Å². The minimum absolute atomic E-state index is 0.107. The van der Waals surface area contributed by atoms with Gasteiger partial charge in [0, 0.05) is 5.92 Å². The predicted molar refractivity (Wildman–Crippen MR) is 84.7 cm³/mol. The van der Waals surface area contributed by atoms with Crippen LogP contribution >= 0.6 is 22.7 Å². The van der Waals surface area contributed by atoms with E-state index < -0.39 is 0 Å². The van der Waals surface area contributed by atoms with E-state index in [1.165, 1.54) is 35.5 Å². The zero-order valence-electron chi connectivity index (χ0n) is 11.8. The van der Waals surface area contributed by atoms with Gasteiger partial charge in [0.15, 0.2) is 0 Å². The zero-order chi connectivity index (χ0) is 14.4. The van der Waals surface area contributed by atoms with E-state index in [-0.39, 0.29) is 5.91 Å². The van der Waals surface area contributed by atoms with Crippen LogP contribution in [0.5, 0.6) is 0 Å². The van der Waals surface area contributed by atoms with E-state index >= 15 is 0 Å². The van der Waals surface area contributed by atoms with Crippen molar-refractivity contribution in [1.82, 2.24) is 10.2 Å². The first kappa shape index (κ1) is 15.1. The largest absolute Gasteiger partial charge is 0.296 e. The average molecular weight is 309 g/mol. The molecule has 108 valence electrons. The molecule has 20 heavy (non-hydrogen) atoms. The first-order chi connectivity index (χ1) is 9.74. The molecule has 0 bridgehead atoms.